The highest BCUT2D eigenvalue weighted by Crippen LogP contribution is 2.65. The van der Waals surface area contributed by atoms with Gasteiger partial charge in [0.05, 0.1) is 12.7 Å². The Morgan fingerprint density at radius 3 is 2.87 bits per heavy atom. The van der Waals surface area contributed by atoms with Crippen molar-refractivity contribution in [3.8, 4) is 0 Å². The number of fused-ring (bicyclic) bond motifs is 5. The van der Waals surface area contributed by atoms with E-state index in [9.17, 15) is 14.7 Å². The number of carbonyl (C=O) groups excluding carboxylic acids is 2. The molecule has 0 spiro atoms. The zero-order valence-corrected chi connectivity index (χ0v) is 18.9. The number of aliphatic hydroxyl groups excluding tert-OH is 1. The molecule has 0 heterocycles. The molecule has 0 amide bonds. The number of hydrogen-bond acceptors (Lipinski definition) is 4. The predicted molar refractivity (Wildman–Crippen MR) is 117 cm³/mol. The average Bonchev–Trinajstić information content (AvgIpc) is 3.03. The smallest absolute Gasteiger partial charge is 0.305 e. The van der Waals surface area contributed by atoms with Crippen LogP contribution in [0.15, 0.2) is 23.8 Å². The largest absolute Gasteiger partial charge is 0.465 e. The topological polar surface area (TPSA) is 63.6 Å². The van der Waals surface area contributed by atoms with Crippen molar-refractivity contribution < 1.29 is 19.4 Å². The van der Waals surface area contributed by atoms with E-state index in [0.29, 0.717) is 37.2 Å². The van der Waals surface area contributed by atoms with Crippen LogP contribution in [0.1, 0.15) is 78.6 Å². The van der Waals surface area contributed by atoms with E-state index in [1.807, 2.05) is 0 Å². The number of ketones is 1. The lowest BCUT2D eigenvalue weighted by atomic mass is 9.47. The summed E-state index contributed by atoms with van der Waals surface area (Å²) in [7, 11) is 0. The van der Waals surface area contributed by atoms with Gasteiger partial charge in [0.15, 0.2) is 5.78 Å². The van der Waals surface area contributed by atoms with E-state index in [2.05, 4.69) is 26.8 Å². The van der Waals surface area contributed by atoms with Crippen LogP contribution >= 0.6 is 0 Å². The SMILES string of the molecule is CCCCCC(=O)OC[C@@]12C[C@H](C)C[C@H]1[C@@H]1CCC3=CC(=O)C=C[C@]3(C)[C@H]1[C@@H](O)C2. The van der Waals surface area contributed by atoms with Gasteiger partial charge in [0.25, 0.3) is 0 Å². The molecular weight excluding hydrogens is 376 g/mol. The number of ether oxygens (including phenoxy) is 1. The fraction of sp³-hybridized carbons (Fsp3) is 0.769. The number of rotatable bonds is 6. The summed E-state index contributed by atoms with van der Waals surface area (Å²) in [5.41, 5.74) is 0.869. The highest BCUT2D eigenvalue weighted by molar-refractivity contribution is 6.01. The second kappa shape index (κ2) is 8.26. The first-order chi connectivity index (χ1) is 14.3. The van der Waals surface area contributed by atoms with Crippen LogP contribution in [0.25, 0.3) is 0 Å². The van der Waals surface area contributed by atoms with Crippen molar-refractivity contribution in [2.75, 3.05) is 6.61 Å². The molecule has 4 aliphatic carbocycles. The van der Waals surface area contributed by atoms with E-state index in [-0.39, 0.29) is 28.5 Å². The lowest BCUT2D eigenvalue weighted by molar-refractivity contribution is -0.160. The Morgan fingerprint density at radius 1 is 1.30 bits per heavy atom. The van der Waals surface area contributed by atoms with Gasteiger partial charge in [0.2, 0.25) is 0 Å². The molecule has 0 unspecified atom stereocenters. The second-order valence-corrected chi connectivity index (χ2v) is 10.8. The normalized spacial score (nSPS) is 42.2. The first-order valence-corrected chi connectivity index (χ1v) is 12.1. The van der Waals surface area contributed by atoms with Crippen molar-refractivity contribution in [2.24, 2.45) is 34.5 Å². The molecule has 166 valence electrons. The van der Waals surface area contributed by atoms with Crippen LogP contribution in [0, 0.1) is 34.5 Å². The fourth-order valence-corrected chi connectivity index (χ4v) is 7.55. The van der Waals surface area contributed by atoms with E-state index in [1.165, 1.54) is 5.57 Å². The minimum absolute atomic E-state index is 0.0741. The lowest BCUT2D eigenvalue weighted by Crippen LogP contribution is -2.56. The van der Waals surface area contributed by atoms with Crippen molar-refractivity contribution >= 4 is 11.8 Å². The van der Waals surface area contributed by atoms with Gasteiger partial charge in [-0.3, -0.25) is 9.59 Å². The van der Waals surface area contributed by atoms with Crippen molar-refractivity contribution in [1.82, 2.24) is 0 Å². The average molecular weight is 415 g/mol. The third-order valence-electron chi connectivity index (χ3n) is 8.75. The van der Waals surface area contributed by atoms with Crippen LogP contribution in [0.5, 0.6) is 0 Å². The number of esters is 1. The highest BCUT2D eigenvalue weighted by Gasteiger charge is 2.61. The number of aliphatic hydroxyl groups is 1. The highest BCUT2D eigenvalue weighted by atomic mass is 16.5. The fourth-order valence-electron chi connectivity index (χ4n) is 7.55. The minimum atomic E-state index is -0.429. The van der Waals surface area contributed by atoms with E-state index >= 15 is 0 Å². The lowest BCUT2D eigenvalue weighted by Gasteiger charge is -2.58. The molecule has 0 radical (unpaired) electrons. The quantitative estimate of drug-likeness (QED) is 0.490. The molecule has 0 bridgehead atoms. The Morgan fingerprint density at radius 2 is 2.10 bits per heavy atom. The van der Waals surface area contributed by atoms with Gasteiger partial charge in [0, 0.05) is 23.2 Å². The molecule has 0 aliphatic heterocycles. The molecule has 30 heavy (non-hydrogen) atoms. The van der Waals surface area contributed by atoms with Crippen molar-refractivity contribution in [3.63, 3.8) is 0 Å². The third-order valence-corrected chi connectivity index (χ3v) is 8.75. The summed E-state index contributed by atoms with van der Waals surface area (Å²) >= 11 is 0. The summed E-state index contributed by atoms with van der Waals surface area (Å²) in [6.07, 6.45) is 13.5. The summed E-state index contributed by atoms with van der Waals surface area (Å²) in [4.78, 5) is 24.3. The molecule has 0 aromatic carbocycles. The number of carbonyl (C=O) groups is 2. The van der Waals surface area contributed by atoms with E-state index in [1.54, 1.807) is 12.2 Å². The van der Waals surface area contributed by atoms with Crippen LogP contribution in [-0.4, -0.2) is 29.6 Å². The number of hydrogen-bond donors (Lipinski definition) is 1. The number of unbranched alkanes of at least 4 members (excludes halogenated alkanes) is 2. The molecule has 4 aliphatic rings. The standard InChI is InChI=1S/C26H38O4/c1-4-5-6-7-23(29)30-16-26-14-17(2)12-21(26)20-9-8-18-13-19(27)10-11-25(18,3)24(20)22(28)15-26/h10-11,13,17,20-22,24,28H,4-9,12,14-16H2,1-3H3/t17-,20+,21+,22+,24-,25+,26+/m1/s1. The van der Waals surface area contributed by atoms with Crippen LogP contribution in [0.4, 0.5) is 0 Å². The summed E-state index contributed by atoms with van der Waals surface area (Å²) < 4.78 is 5.83. The Balaban J connectivity index is 1.54. The van der Waals surface area contributed by atoms with Gasteiger partial charge in [-0.25, -0.2) is 0 Å². The number of allylic oxidation sites excluding steroid dienone is 4. The Bertz CT molecular complexity index is 752. The molecule has 4 heteroatoms. The first kappa shape index (κ1) is 21.8. The predicted octanol–water partition coefficient (Wildman–Crippen LogP) is 5.00. The molecule has 7 atom stereocenters. The molecule has 0 aromatic heterocycles. The monoisotopic (exact) mass is 414 g/mol. The van der Waals surface area contributed by atoms with Crippen LogP contribution in [0.3, 0.4) is 0 Å². The Kier molecular flexibility index (Phi) is 6.00. The summed E-state index contributed by atoms with van der Waals surface area (Å²) in [6, 6.07) is 0. The maximum absolute atomic E-state index is 12.3. The molecule has 3 fully saturated rings. The molecular formula is C26H38O4. The molecule has 4 rings (SSSR count). The van der Waals surface area contributed by atoms with Crippen LogP contribution < -0.4 is 0 Å². The Hall–Kier alpha value is -1.42. The second-order valence-electron chi connectivity index (χ2n) is 10.8. The molecule has 1 N–H and O–H groups in total. The maximum Gasteiger partial charge on any atom is 0.305 e. The van der Waals surface area contributed by atoms with Crippen LogP contribution in [0.2, 0.25) is 0 Å². The van der Waals surface area contributed by atoms with Gasteiger partial charge >= 0.3 is 5.97 Å². The first-order valence-electron chi connectivity index (χ1n) is 12.1. The van der Waals surface area contributed by atoms with Gasteiger partial charge in [0.1, 0.15) is 0 Å². The molecule has 3 saturated carbocycles. The maximum atomic E-state index is 12.3. The van der Waals surface area contributed by atoms with Gasteiger partial charge in [-0.15, -0.1) is 0 Å². The van der Waals surface area contributed by atoms with Gasteiger partial charge in [-0.05, 0) is 68.4 Å². The van der Waals surface area contributed by atoms with E-state index in [4.69, 9.17) is 4.74 Å². The summed E-state index contributed by atoms with van der Waals surface area (Å²) in [6.45, 7) is 7.11. The molecule has 0 aromatic rings. The van der Waals surface area contributed by atoms with Gasteiger partial charge in [-0.1, -0.05) is 45.3 Å². The zero-order valence-electron chi connectivity index (χ0n) is 18.9. The van der Waals surface area contributed by atoms with Crippen molar-refractivity contribution in [2.45, 2.75) is 84.7 Å². The van der Waals surface area contributed by atoms with E-state index in [0.717, 1.165) is 44.9 Å². The molecule has 0 saturated heterocycles. The van der Waals surface area contributed by atoms with Crippen molar-refractivity contribution in [1.29, 1.82) is 0 Å². The van der Waals surface area contributed by atoms with Crippen LogP contribution in [-0.2, 0) is 14.3 Å². The zero-order chi connectivity index (χ0) is 21.5. The van der Waals surface area contributed by atoms with Gasteiger partial charge < -0.3 is 9.84 Å². The summed E-state index contributed by atoms with van der Waals surface area (Å²) in [5.74, 6) is 1.62. The van der Waals surface area contributed by atoms with E-state index < -0.39 is 6.10 Å². The molecule has 4 nitrogen and oxygen atoms in total. The minimum Gasteiger partial charge on any atom is -0.465 e. The van der Waals surface area contributed by atoms with Gasteiger partial charge in [-0.2, -0.15) is 0 Å². The summed E-state index contributed by atoms with van der Waals surface area (Å²) in [5, 5.41) is 11.4. The van der Waals surface area contributed by atoms with Crippen molar-refractivity contribution in [3.05, 3.63) is 23.8 Å². The Labute approximate surface area is 181 Å². The third kappa shape index (κ3) is 3.70.